The highest BCUT2D eigenvalue weighted by Gasteiger charge is 2.20. The summed E-state index contributed by atoms with van der Waals surface area (Å²) in [4.78, 5) is 11.8. The van der Waals surface area contributed by atoms with Gasteiger partial charge in [-0.25, -0.2) is 4.79 Å². The van der Waals surface area contributed by atoms with Crippen LogP contribution >= 0.6 is 0 Å². The van der Waals surface area contributed by atoms with Crippen LogP contribution in [-0.2, 0) is 4.74 Å². The lowest BCUT2D eigenvalue weighted by Gasteiger charge is -2.11. The number of hydrogen-bond acceptors (Lipinski definition) is 3. The molecule has 0 spiro atoms. The molecule has 2 rings (SSSR count). The van der Waals surface area contributed by atoms with Crippen molar-refractivity contribution >= 4 is 5.97 Å². The molecular formula is C13H16O3. The van der Waals surface area contributed by atoms with Gasteiger partial charge in [-0.3, -0.25) is 0 Å². The van der Waals surface area contributed by atoms with E-state index in [9.17, 15) is 4.79 Å². The lowest BCUT2D eigenvalue weighted by Crippen LogP contribution is -2.14. The fourth-order valence-electron chi connectivity index (χ4n) is 1.98. The molecule has 0 saturated heterocycles. The first-order valence-electron chi connectivity index (χ1n) is 5.64. The Bertz CT molecular complexity index is 367. The number of ether oxygens (including phenoxy) is 2. The van der Waals surface area contributed by atoms with E-state index in [0.29, 0.717) is 11.3 Å². The Balaban J connectivity index is 2.01. The molecule has 0 aromatic heterocycles. The molecule has 3 nitrogen and oxygen atoms in total. The molecule has 1 aliphatic carbocycles. The van der Waals surface area contributed by atoms with Gasteiger partial charge in [-0.1, -0.05) is 6.07 Å². The van der Waals surface area contributed by atoms with Crippen molar-refractivity contribution in [2.45, 2.75) is 31.8 Å². The Hall–Kier alpha value is -1.51. The Labute approximate surface area is 95.4 Å². The van der Waals surface area contributed by atoms with Gasteiger partial charge in [-0.05, 0) is 43.9 Å². The highest BCUT2D eigenvalue weighted by Crippen LogP contribution is 2.22. The van der Waals surface area contributed by atoms with Gasteiger partial charge in [0.2, 0.25) is 0 Å². The van der Waals surface area contributed by atoms with Crippen molar-refractivity contribution in [3.05, 3.63) is 29.8 Å². The van der Waals surface area contributed by atoms with E-state index in [2.05, 4.69) is 0 Å². The Kier molecular flexibility index (Phi) is 3.44. The largest absolute Gasteiger partial charge is 0.497 e. The highest BCUT2D eigenvalue weighted by molar-refractivity contribution is 5.89. The summed E-state index contributed by atoms with van der Waals surface area (Å²) in [7, 11) is 1.58. The molecular weight excluding hydrogens is 204 g/mol. The summed E-state index contributed by atoms with van der Waals surface area (Å²) in [5.74, 6) is 0.437. The number of benzene rings is 1. The number of carbonyl (C=O) groups is 1. The van der Waals surface area contributed by atoms with Gasteiger partial charge < -0.3 is 9.47 Å². The summed E-state index contributed by atoms with van der Waals surface area (Å²) in [5, 5.41) is 0. The lowest BCUT2D eigenvalue weighted by atomic mass is 10.2. The van der Waals surface area contributed by atoms with Crippen LogP contribution in [0.4, 0.5) is 0 Å². The minimum atomic E-state index is -0.245. The third-order valence-corrected chi connectivity index (χ3v) is 2.88. The monoisotopic (exact) mass is 220 g/mol. The summed E-state index contributed by atoms with van der Waals surface area (Å²) in [6, 6.07) is 7.06. The van der Waals surface area contributed by atoms with Gasteiger partial charge >= 0.3 is 5.97 Å². The topological polar surface area (TPSA) is 35.5 Å². The van der Waals surface area contributed by atoms with Crippen LogP contribution in [0.3, 0.4) is 0 Å². The number of rotatable bonds is 3. The summed E-state index contributed by atoms with van der Waals surface area (Å²) in [6.07, 6.45) is 4.43. The molecule has 0 unspecified atom stereocenters. The van der Waals surface area contributed by atoms with E-state index < -0.39 is 0 Å². The van der Waals surface area contributed by atoms with Crippen LogP contribution in [0.1, 0.15) is 36.0 Å². The van der Waals surface area contributed by atoms with Crippen molar-refractivity contribution in [1.29, 1.82) is 0 Å². The number of hydrogen-bond donors (Lipinski definition) is 0. The number of esters is 1. The normalized spacial score (nSPS) is 16.1. The molecule has 0 radical (unpaired) electrons. The number of carbonyl (C=O) groups excluding carboxylic acids is 1. The van der Waals surface area contributed by atoms with Gasteiger partial charge in [0, 0.05) is 0 Å². The van der Waals surface area contributed by atoms with Gasteiger partial charge in [0.05, 0.1) is 12.7 Å². The van der Waals surface area contributed by atoms with Crippen LogP contribution in [0.5, 0.6) is 5.75 Å². The van der Waals surface area contributed by atoms with Gasteiger partial charge in [0.25, 0.3) is 0 Å². The van der Waals surface area contributed by atoms with Crippen LogP contribution in [0, 0.1) is 0 Å². The second-order valence-electron chi connectivity index (χ2n) is 4.04. The molecule has 0 aliphatic heterocycles. The molecule has 1 saturated carbocycles. The van der Waals surface area contributed by atoms with Crippen molar-refractivity contribution in [2.75, 3.05) is 7.11 Å². The molecule has 0 atom stereocenters. The van der Waals surface area contributed by atoms with Crippen LogP contribution in [0.2, 0.25) is 0 Å². The van der Waals surface area contributed by atoms with Gasteiger partial charge in [0.1, 0.15) is 11.9 Å². The van der Waals surface area contributed by atoms with Crippen LogP contribution in [0.25, 0.3) is 0 Å². The van der Waals surface area contributed by atoms with Crippen molar-refractivity contribution in [3.63, 3.8) is 0 Å². The van der Waals surface area contributed by atoms with E-state index in [1.807, 2.05) is 6.07 Å². The zero-order chi connectivity index (χ0) is 11.4. The molecule has 1 fully saturated rings. The zero-order valence-electron chi connectivity index (χ0n) is 9.44. The standard InChI is InChI=1S/C13H16O3/c1-15-12-8-4-5-10(9-12)13(14)16-11-6-2-3-7-11/h4-5,8-9,11H,2-3,6-7H2,1H3. The zero-order valence-corrected chi connectivity index (χ0v) is 9.44. The molecule has 1 aromatic carbocycles. The maximum atomic E-state index is 11.8. The van der Waals surface area contributed by atoms with E-state index in [1.54, 1.807) is 25.3 Å². The van der Waals surface area contributed by atoms with Crippen molar-refractivity contribution in [2.24, 2.45) is 0 Å². The average molecular weight is 220 g/mol. The molecule has 0 heterocycles. The molecule has 0 N–H and O–H groups in total. The highest BCUT2D eigenvalue weighted by atomic mass is 16.5. The first kappa shape index (κ1) is 11.0. The Morgan fingerprint density at radius 2 is 2.06 bits per heavy atom. The van der Waals surface area contributed by atoms with Crippen molar-refractivity contribution in [1.82, 2.24) is 0 Å². The van der Waals surface area contributed by atoms with Crippen molar-refractivity contribution < 1.29 is 14.3 Å². The van der Waals surface area contributed by atoms with Crippen molar-refractivity contribution in [3.8, 4) is 5.75 Å². The third-order valence-electron chi connectivity index (χ3n) is 2.88. The maximum Gasteiger partial charge on any atom is 0.338 e. The molecule has 3 heteroatoms. The quantitative estimate of drug-likeness (QED) is 0.735. The Morgan fingerprint density at radius 3 is 2.75 bits per heavy atom. The Morgan fingerprint density at radius 1 is 1.31 bits per heavy atom. The molecule has 0 amide bonds. The summed E-state index contributed by atoms with van der Waals surface area (Å²) in [6.45, 7) is 0. The van der Waals surface area contributed by atoms with Crippen LogP contribution in [-0.4, -0.2) is 19.2 Å². The van der Waals surface area contributed by atoms with Crippen LogP contribution in [0.15, 0.2) is 24.3 Å². The first-order valence-corrected chi connectivity index (χ1v) is 5.64. The SMILES string of the molecule is COc1cccc(C(=O)OC2CCCC2)c1. The lowest BCUT2D eigenvalue weighted by molar-refractivity contribution is 0.0317. The first-order chi connectivity index (χ1) is 7.79. The second kappa shape index (κ2) is 5.01. The predicted molar refractivity (Wildman–Crippen MR) is 60.7 cm³/mol. The van der Waals surface area contributed by atoms with Gasteiger partial charge in [-0.15, -0.1) is 0 Å². The summed E-state index contributed by atoms with van der Waals surface area (Å²) in [5.41, 5.74) is 0.561. The molecule has 1 aliphatic rings. The van der Waals surface area contributed by atoms with E-state index >= 15 is 0 Å². The van der Waals surface area contributed by atoms with E-state index in [0.717, 1.165) is 25.7 Å². The molecule has 16 heavy (non-hydrogen) atoms. The minimum absolute atomic E-state index is 0.110. The predicted octanol–water partition coefficient (Wildman–Crippen LogP) is 2.79. The summed E-state index contributed by atoms with van der Waals surface area (Å²) >= 11 is 0. The average Bonchev–Trinajstić information content (AvgIpc) is 2.82. The molecule has 86 valence electrons. The minimum Gasteiger partial charge on any atom is -0.497 e. The number of methoxy groups -OCH3 is 1. The fraction of sp³-hybridized carbons (Fsp3) is 0.462. The maximum absolute atomic E-state index is 11.8. The second-order valence-corrected chi connectivity index (χ2v) is 4.04. The molecule has 0 bridgehead atoms. The smallest absolute Gasteiger partial charge is 0.338 e. The summed E-state index contributed by atoms with van der Waals surface area (Å²) < 4.78 is 10.5. The third kappa shape index (κ3) is 2.54. The van der Waals surface area contributed by atoms with Gasteiger partial charge in [-0.2, -0.15) is 0 Å². The van der Waals surface area contributed by atoms with Gasteiger partial charge in [0.15, 0.2) is 0 Å². The van der Waals surface area contributed by atoms with E-state index in [4.69, 9.17) is 9.47 Å². The van der Waals surface area contributed by atoms with E-state index in [1.165, 1.54) is 0 Å². The fourth-order valence-corrected chi connectivity index (χ4v) is 1.98. The van der Waals surface area contributed by atoms with E-state index in [-0.39, 0.29) is 12.1 Å². The molecule has 1 aromatic rings. The van der Waals surface area contributed by atoms with Crippen LogP contribution < -0.4 is 4.74 Å².